The van der Waals surface area contributed by atoms with Crippen LogP contribution < -0.4 is 0 Å². The van der Waals surface area contributed by atoms with Crippen molar-refractivity contribution in [2.45, 2.75) is 6.10 Å². The van der Waals surface area contributed by atoms with Crippen molar-refractivity contribution >= 4 is 27.6 Å². The third kappa shape index (κ3) is 3.68. The zero-order valence-corrected chi connectivity index (χ0v) is 16.8. The summed E-state index contributed by atoms with van der Waals surface area (Å²) in [6, 6.07) is 12.1. The molecular weight excluding hydrogens is 404 g/mol. The Labute approximate surface area is 167 Å². The molecule has 3 heterocycles. The molecule has 2 aliphatic rings. The van der Waals surface area contributed by atoms with Gasteiger partial charge in [0.1, 0.15) is 6.10 Å². The predicted octanol–water partition coefficient (Wildman–Crippen LogP) is 4.07. The minimum atomic E-state index is -0.00558. The standard InChI is InChI=1S/C21H21BrN4O/c1-15-13-19(16-7-9-23-10-8-16)24-21(25(15)2)26-11-12-27-20(14-26)17-5-3-4-6-18(17)22/h3-10,13,20H,1,11-12,14H2,2H3/t20-/m1/s1. The van der Waals surface area contributed by atoms with Gasteiger partial charge in [0.05, 0.1) is 18.8 Å². The van der Waals surface area contributed by atoms with Crippen LogP contribution in [0.15, 0.2) is 76.6 Å². The second-order valence-corrected chi connectivity index (χ2v) is 7.41. The highest BCUT2D eigenvalue weighted by molar-refractivity contribution is 9.10. The van der Waals surface area contributed by atoms with Gasteiger partial charge in [-0.25, -0.2) is 4.99 Å². The number of aromatic nitrogens is 1. The first-order valence-corrected chi connectivity index (χ1v) is 9.67. The van der Waals surface area contributed by atoms with Gasteiger partial charge in [0.15, 0.2) is 0 Å². The third-order valence-electron chi connectivity index (χ3n) is 4.83. The lowest BCUT2D eigenvalue weighted by molar-refractivity contribution is -0.01000. The van der Waals surface area contributed by atoms with Gasteiger partial charge in [0.2, 0.25) is 5.96 Å². The van der Waals surface area contributed by atoms with E-state index in [2.05, 4.69) is 38.5 Å². The van der Waals surface area contributed by atoms with E-state index in [1.54, 1.807) is 12.4 Å². The molecule has 0 N–H and O–H groups in total. The SMILES string of the molecule is C=C1C=C(c2ccncc2)N=C(N2CCO[C@@H](c3ccccc3Br)C2)N1C. The lowest BCUT2D eigenvalue weighted by Gasteiger charge is -2.39. The quantitative estimate of drug-likeness (QED) is 0.728. The highest BCUT2D eigenvalue weighted by Gasteiger charge is 2.29. The van der Waals surface area contributed by atoms with Crippen LogP contribution in [0.5, 0.6) is 0 Å². The molecule has 1 saturated heterocycles. The molecule has 1 fully saturated rings. The van der Waals surface area contributed by atoms with E-state index >= 15 is 0 Å². The van der Waals surface area contributed by atoms with Crippen LogP contribution in [0.2, 0.25) is 0 Å². The molecule has 2 aromatic rings. The van der Waals surface area contributed by atoms with Gasteiger partial charge >= 0.3 is 0 Å². The van der Waals surface area contributed by atoms with Crippen LogP contribution in [0.25, 0.3) is 5.70 Å². The van der Waals surface area contributed by atoms with Gasteiger partial charge in [0.25, 0.3) is 0 Å². The van der Waals surface area contributed by atoms with E-state index < -0.39 is 0 Å². The normalized spacial score (nSPS) is 20.4. The van der Waals surface area contributed by atoms with Crippen LogP contribution in [0.3, 0.4) is 0 Å². The average molecular weight is 425 g/mol. The number of rotatable bonds is 2. The van der Waals surface area contributed by atoms with Crippen molar-refractivity contribution in [2.75, 3.05) is 26.7 Å². The van der Waals surface area contributed by atoms with E-state index in [1.807, 2.05) is 48.4 Å². The molecule has 138 valence electrons. The van der Waals surface area contributed by atoms with Crippen molar-refractivity contribution in [2.24, 2.45) is 4.99 Å². The maximum Gasteiger partial charge on any atom is 0.206 e. The molecule has 5 nitrogen and oxygen atoms in total. The fourth-order valence-electron chi connectivity index (χ4n) is 3.31. The van der Waals surface area contributed by atoms with Gasteiger partial charge in [-0.1, -0.05) is 40.7 Å². The van der Waals surface area contributed by atoms with Crippen LogP contribution in [-0.2, 0) is 4.74 Å². The molecule has 1 aromatic heterocycles. The zero-order chi connectivity index (χ0) is 18.8. The molecule has 0 radical (unpaired) electrons. The number of allylic oxidation sites excluding steroid dienone is 1. The average Bonchev–Trinajstić information content (AvgIpc) is 2.71. The Morgan fingerprint density at radius 1 is 1.19 bits per heavy atom. The number of ether oxygens (including phenoxy) is 1. The molecule has 27 heavy (non-hydrogen) atoms. The smallest absolute Gasteiger partial charge is 0.206 e. The molecule has 2 aliphatic heterocycles. The first kappa shape index (κ1) is 17.9. The monoisotopic (exact) mass is 424 g/mol. The summed E-state index contributed by atoms with van der Waals surface area (Å²) in [5, 5.41) is 0. The largest absolute Gasteiger partial charge is 0.370 e. The molecule has 1 aromatic carbocycles. The van der Waals surface area contributed by atoms with E-state index in [-0.39, 0.29) is 6.10 Å². The number of hydrogen-bond donors (Lipinski definition) is 0. The summed E-state index contributed by atoms with van der Waals surface area (Å²) >= 11 is 3.64. The summed E-state index contributed by atoms with van der Waals surface area (Å²) in [6.45, 7) is 6.38. The summed E-state index contributed by atoms with van der Waals surface area (Å²) in [4.78, 5) is 13.3. The van der Waals surface area contributed by atoms with Crippen LogP contribution >= 0.6 is 15.9 Å². The molecule has 0 saturated carbocycles. The van der Waals surface area contributed by atoms with Crippen molar-refractivity contribution in [3.8, 4) is 0 Å². The number of morpholine rings is 1. The predicted molar refractivity (Wildman–Crippen MR) is 111 cm³/mol. The number of benzene rings is 1. The maximum absolute atomic E-state index is 6.05. The highest BCUT2D eigenvalue weighted by atomic mass is 79.9. The van der Waals surface area contributed by atoms with Gasteiger partial charge in [-0.3, -0.25) is 4.98 Å². The van der Waals surface area contributed by atoms with Gasteiger partial charge in [-0.2, -0.15) is 0 Å². The summed E-state index contributed by atoms with van der Waals surface area (Å²) < 4.78 is 7.12. The minimum absolute atomic E-state index is 0.00558. The van der Waals surface area contributed by atoms with Crippen molar-refractivity contribution in [1.82, 2.24) is 14.8 Å². The molecule has 1 atom stereocenters. The number of hydrogen-bond acceptors (Lipinski definition) is 5. The first-order chi connectivity index (χ1) is 13.1. The molecule has 6 heteroatoms. The lowest BCUT2D eigenvalue weighted by atomic mass is 10.1. The maximum atomic E-state index is 6.05. The summed E-state index contributed by atoms with van der Waals surface area (Å²) in [5.74, 6) is 0.898. The van der Waals surface area contributed by atoms with Crippen LogP contribution in [0.4, 0.5) is 0 Å². The minimum Gasteiger partial charge on any atom is -0.370 e. The molecule has 0 unspecified atom stereocenters. The molecule has 0 aliphatic carbocycles. The van der Waals surface area contributed by atoms with E-state index in [0.29, 0.717) is 6.61 Å². The molecule has 0 spiro atoms. The number of guanidine groups is 1. The summed E-state index contributed by atoms with van der Waals surface area (Å²) in [7, 11) is 2.00. The Bertz CT molecular complexity index is 909. The number of pyridine rings is 1. The highest BCUT2D eigenvalue weighted by Crippen LogP contribution is 2.31. The van der Waals surface area contributed by atoms with Crippen molar-refractivity contribution in [3.63, 3.8) is 0 Å². The Morgan fingerprint density at radius 2 is 1.96 bits per heavy atom. The van der Waals surface area contributed by atoms with Gasteiger partial charge in [-0.05, 0) is 29.8 Å². The van der Waals surface area contributed by atoms with E-state index in [1.165, 1.54) is 0 Å². The van der Waals surface area contributed by atoms with Crippen molar-refractivity contribution in [1.29, 1.82) is 0 Å². The number of likely N-dealkylation sites (N-methyl/N-ethyl adjacent to an activating group) is 1. The van der Waals surface area contributed by atoms with Gasteiger partial charge < -0.3 is 14.5 Å². The second kappa shape index (κ2) is 7.66. The van der Waals surface area contributed by atoms with Crippen molar-refractivity contribution < 1.29 is 4.74 Å². The summed E-state index contributed by atoms with van der Waals surface area (Å²) in [6.07, 6.45) is 5.56. The Morgan fingerprint density at radius 3 is 2.74 bits per heavy atom. The fraction of sp³-hybridized carbons (Fsp3) is 0.238. The first-order valence-electron chi connectivity index (χ1n) is 8.88. The molecule has 4 rings (SSSR count). The fourth-order valence-corrected chi connectivity index (χ4v) is 3.85. The van der Waals surface area contributed by atoms with E-state index in [9.17, 15) is 0 Å². The lowest BCUT2D eigenvalue weighted by Crippen LogP contribution is -2.49. The number of aliphatic imine (C=N–C) groups is 1. The second-order valence-electron chi connectivity index (χ2n) is 6.55. The molecule has 0 bridgehead atoms. The Balaban J connectivity index is 1.63. The van der Waals surface area contributed by atoms with Gasteiger partial charge in [-0.15, -0.1) is 0 Å². The Hall–Kier alpha value is -2.44. The van der Waals surface area contributed by atoms with E-state index in [0.717, 1.165) is 46.0 Å². The number of nitrogens with zero attached hydrogens (tertiary/aromatic N) is 4. The molecular formula is C21H21BrN4O. The Kier molecular flexibility index (Phi) is 5.09. The zero-order valence-electron chi connectivity index (χ0n) is 15.2. The van der Waals surface area contributed by atoms with Crippen LogP contribution in [0, 0.1) is 0 Å². The number of halogens is 1. The van der Waals surface area contributed by atoms with Crippen LogP contribution in [-0.4, -0.2) is 47.5 Å². The van der Waals surface area contributed by atoms with Crippen molar-refractivity contribution in [3.05, 3.63) is 82.7 Å². The summed E-state index contributed by atoms with van der Waals surface area (Å²) in [5.41, 5.74) is 4.01. The van der Waals surface area contributed by atoms with E-state index in [4.69, 9.17) is 9.73 Å². The van der Waals surface area contributed by atoms with Crippen LogP contribution in [0.1, 0.15) is 17.2 Å². The molecule has 0 amide bonds. The third-order valence-corrected chi connectivity index (χ3v) is 5.55. The topological polar surface area (TPSA) is 41.0 Å². The van der Waals surface area contributed by atoms with Gasteiger partial charge in [0, 0.05) is 41.7 Å².